The van der Waals surface area contributed by atoms with E-state index in [1.54, 1.807) is 30.8 Å². The van der Waals surface area contributed by atoms with Gasteiger partial charge < -0.3 is 10.1 Å². The third-order valence-electron chi connectivity index (χ3n) is 3.75. The highest BCUT2D eigenvalue weighted by molar-refractivity contribution is 7.99. The van der Waals surface area contributed by atoms with Crippen molar-refractivity contribution in [1.29, 1.82) is 0 Å². The van der Waals surface area contributed by atoms with E-state index in [9.17, 15) is 14.0 Å². The van der Waals surface area contributed by atoms with Crippen LogP contribution >= 0.6 is 23.1 Å². The second kappa shape index (κ2) is 9.73. The molecule has 0 aliphatic heterocycles. The summed E-state index contributed by atoms with van der Waals surface area (Å²) < 4.78 is 17.9. The molecule has 1 amide bonds. The number of nitrogens with one attached hydrogen (secondary N) is 1. The molecule has 140 valence electrons. The van der Waals surface area contributed by atoms with Gasteiger partial charge >= 0.3 is 5.97 Å². The van der Waals surface area contributed by atoms with Gasteiger partial charge in [0, 0.05) is 16.2 Å². The van der Waals surface area contributed by atoms with Gasteiger partial charge in [0.25, 0.3) is 0 Å². The van der Waals surface area contributed by atoms with E-state index in [0.29, 0.717) is 30.0 Å². The van der Waals surface area contributed by atoms with Gasteiger partial charge in [-0.05, 0) is 62.8 Å². The van der Waals surface area contributed by atoms with Crippen LogP contribution in [0.5, 0.6) is 0 Å². The molecule has 1 N–H and O–H groups in total. The summed E-state index contributed by atoms with van der Waals surface area (Å²) in [5.74, 6) is -0.0348. The summed E-state index contributed by atoms with van der Waals surface area (Å²) in [4.78, 5) is 26.3. The molecule has 0 saturated carbocycles. The van der Waals surface area contributed by atoms with E-state index in [0.717, 1.165) is 21.1 Å². The van der Waals surface area contributed by atoms with Gasteiger partial charge in [-0.3, -0.25) is 4.79 Å². The van der Waals surface area contributed by atoms with Crippen LogP contribution in [0.4, 0.5) is 9.39 Å². The lowest BCUT2D eigenvalue weighted by Crippen LogP contribution is -2.14. The molecule has 1 aromatic carbocycles. The first kappa shape index (κ1) is 20.5. The van der Waals surface area contributed by atoms with Gasteiger partial charge in [-0.2, -0.15) is 0 Å². The van der Waals surface area contributed by atoms with E-state index >= 15 is 0 Å². The SMILES string of the molecule is CCOC(=O)c1c(NC(=O)CCCSc2ccc(F)cc2)sc(C)c1C. The Balaban J connectivity index is 1.86. The van der Waals surface area contributed by atoms with Crippen LogP contribution in [0.15, 0.2) is 29.2 Å². The lowest BCUT2D eigenvalue weighted by atomic mass is 10.1. The van der Waals surface area contributed by atoms with Gasteiger partial charge in [-0.1, -0.05) is 0 Å². The van der Waals surface area contributed by atoms with Crippen molar-refractivity contribution in [2.45, 2.75) is 38.5 Å². The summed E-state index contributed by atoms with van der Waals surface area (Å²) in [6.07, 6.45) is 1.04. The minimum absolute atomic E-state index is 0.128. The maximum Gasteiger partial charge on any atom is 0.341 e. The Bertz CT molecular complexity index is 772. The Morgan fingerprint density at radius 1 is 1.23 bits per heavy atom. The molecule has 2 aromatic rings. The number of rotatable bonds is 8. The number of anilines is 1. The van der Waals surface area contributed by atoms with E-state index in [4.69, 9.17) is 4.74 Å². The number of carbonyl (C=O) groups is 2. The van der Waals surface area contributed by atoms with Crippen LogP contribution in [0.1, 0.15) is 40.6 Å². The van der Waals surface area contributed by atoms with Crippen LogP contribution in [0.25, 0.3) is 0 Å². The van der Waals surface area contributed by atoms with E-state index in [-0.39, 0.29) is 11.7 Å². The normalized spacial score (nSPS) is 10.6. The number of aryl methyl sites for hydroxylation is 1. The summed E-state index contributed by atoms with van der Waals surface area (Å²) >= 11 is 2.97. The molecule has 2 rings (SSSR count). The standard InChI is InChI=1S/C19H22FNO3S2/c1-4-24-19(23)17-12(2)13(3)26-18(17)21-16(22)6-5-11-25-15-9-7-14(20)8-10-15/h7-10H,4-6,11H2,1-3H3,(H,21,22). The van der Waals surface area contributed by atoms with E-state index < -0.39 is 5.97 Å². The van der Waals surface area contributed by atoms with Crippen molar-refractivity contribution < 1.29 is 18.7 Å². The lowest BCUT2D eigenvalue weighted by Gasteiger charge is -2.07. The van der Waals surface area contributed by atoms with E-state index in [1.165, 1.54) is 23.5 Å². The molecule has 26 heavy (non-hydrogen) atoms. The fourth-order valence-electron chi connectivity index (χ4n) is 2.31. The van der Waals surface area contributed by atoms with Crippen LogP contribution < -0.4 is 5.32 Å². The predicted molar refractivity (Wildman–Crippen MR) is 105 cm³/mol. The molecule has 0 aliphatic carbocycles. The first-order valence-corrected chi connectivity index (χ1v) is 10.2. The summed E-state index contributed by atoms with van der Waals surface area (Å²) in [7, 11) is 0. The number of hydrogen-bond donors (Lipinski definition) is 1. The highest BCUT2D eigenvalue weighted by atomic mass is 32.2. The first-order valence-electron chi connectivity index (χ1n) is 8.37. The van der Waals surface area contributed by atoms with Crippen molar-refractivity contribution in [3.05, 3.63) is 46.1 Å². The second-order valence-corrected chi connectivity index (χ2v) is 8.06. The maximum atomic E-state index is 12.9. The minimum atomic E-state index is -0.406. The molecule has 0 bridgehead atoms. The Hall–Kier alpha value is -1.86. The average molecular weight is 396 g/mol. The predicted octanol–water partition coefficient (Wildman–Crippen LogP) is 5.19. The summed E-state index contributed by atoms with van der Waals surface area (Å²) in [6, 6.07) is 6.30. The number of ether oxygens (including phenoxy) is 1. The number of amides is 1. The smallest absolute Gasteiger partial charge is 0.341 e. The molecular weight excluding hydrogens is 373 g/mol. The number of thiophene rings is 1. The van der Waals surface area contributed by atoms with Crippen LogP contribution in [-0.2, 0) is 9.53 Å². The average Bonchev–Trinajstić information content (AvgIpc) is 2.87. The molecule has 1 aromatic heterocycles. The first-order chi connectivity index (χ1) is 12.4. The molecule has 0 saturated heterocycles. The monoisotopic (exact) mass is 395 g/mol. The zero-order valence-electron chi connectivity index (χ0n) is 15.1. The van der Waals surface area contributed by atoms with Gasteiger partial charge in [-0.25, -0.2) is 9.18 Å². The largest absolute Gasteiger partial charge is 0.462 e. The molecule has 7 heteroatoms. The Morgan fingerprint density at radius 3 is 2.58 bits per heavy atom. The number of hydrogen-bond acceptors (Lipinski definition) is 5. The number of halogens is 1. The highest BCUT2D eigenvalue weighted by Gasteiger charge is 2.21. The molecular formula is C19H22FNO3S2. The molecule has 0 aliphatic rings. The Labute approximate surface area is 161 Å². The zero-order chi connectivity index (χ0) is 19.1. The van der Waals surface area contributed by atoms with Crippen LogP contribution in [0, 0.1) is 19.7 Å². The molecule has 0 radical (unpaired) electrons. The zero-order valence-corrected chi connectivity index (χ0v) is 16.7. The topological polar surface area (TPSA) is 55.4 Å². The lowest BCUT2D eigenvalue weighted by molar-refractivity contribution is -0.116. The van der Waals surface area contributed by atoms with Gasteiger partial charge in [0.05, 0.1) is 12.2 Å². The molecule has 0 spiro atoms. The third-order valence-corrected chi connectivity index (χ3v) is 5.97. The fourth-order valence-corrected chi connectivity index (χ4v) is 4.22. The van der Waals surface area contributed by atoms with Crippen LogP contribution in [0.3, 0.4) is 0 Å². The minimum Gasteiger partial charge on any atom is -0.462 e. The van der Waals surface area contributed by atoms with Crippen LogP contribution in [0.2, 0.25) is 0 Å². The number of benzene rings is 1. The molecule has 0 fully saturated rings. The van der Waals surface area contributed by atoms with Gasteiger partial charge in [0.1, 0.15) is 10.8 Å². The van der Waals surface area contributed by atoms with Crippen molar-refractivity contribution >= 4 is 40.0 Å². The molecule has 0 unspecified atom stereocenters. The van der Waals surface area contributed by atoms with Gasteiger partial charge in [0.2, 0.25) is 5.91 Å². The van der Waals surface area contributed by atoms with Crippen LogP contribution in [-0.4, -0.2) is 24.2 Å². The Morgan fingerprint density at radius 2 is 1.92 bits per heavy atom. The summed E-state index contributed by atoms with van der Waals surface area (Å²) in [5.41, 5.74) is 1.29. The third kappa shape index (κ3) is 5.57. The number of esters is 1. The van der Waals surface area contributed by atoms with Gasteiger partial charge in [-0.15, -0.1) is 23.1 Å². The number of carbonyl (C=O) groups excluding carboxylic acids is 2. The molecule has 4 nitrogen and oxygen atoms in total. The molecule has 0 atom stereocenters. The van der Waals surface area contributed by atoms with Crippen molar-refractivity contribution in [1.82, 2.24) is 0 Å². The van der Waals surface area contributed by atoms with Crippen molar-refractivity contribution in [3.63, 3.8) is 0 Å². The quantitative estimate of drug-likeness (QED) is 0.380. The molecule has 1 heterocycles. The number of thioether (sulfide) groups is 1. The Kier molecular flexibility index (Phi) is 7.66. The summed E-state index contributed by atoms with van der Waals surface area (Å²) in [6.45, 7) is 5.81. The second-order valence-electron chi connectivity index (χ2n) is 5.66. The van der Waals surface area contributed by atoms with Gasteiger partial charge in [0.15, 0.2) is 0 Å². The van der Waals surface area contributed by atoms with E-state index in [1.807, 2.05) is 13.8 Å². The maximum absolute atomic E-state index is 12.9. The van der Waals surface area contributed by atoms with Crippen molar-refractivity contribution in [2.24, 2.45) is 0 Å². The fraction of sp³-hybridized carbons (Fsp3) is 0.368. The van der Waals surface area contributed by atoms with E-state index in [2.05, 4.69) is 5.32 Å². The highest BCUT2D eigenvalue weighted by Crippen LogP contribution is 2.33. The van der Waals surface area contributed by atoms with Crippen molar-refractivity contribution in [2.75, 3.05) is 17.7 Å². The van der Waals surface area contributed by atoms with Crippen molar-refractivity contribution in [3.8, 4) is 0 Å². The summed E-state index contributed by atoms with van der Waals surface area (Å²) in [5, 5.41) is 3.39.